The predicted molar refractivity (Wildman–Crippen MR) is 203 cm³/mol. The van der Waals surface area contributed by atoms with Gasteiger partial charge in [-0.25, -0.2) is 14.8 Å². The van der Waals surface area contributed by atoms with E-state index in [1.807, 2.05) is 67.8 Å². The molecule has 2 atom stereocenters. The molecule has 1 fully saturated rings. The number of ether oxygens (including phenoxy) is 3. The Kier molecular flexibility index (Phi) is 10.9. The largest absolute Gasteiger partial charge is 0.484 e. The highest BCUT2D eigenvalue weighted by Crippen LogP contribution is 2.39. The van der Waals surface area contributed by atoms with Crippen LogP contribution in [0, 0.1) is 0 Å². The molecule has 13 heteroatoms. The molecule has 6 rings (SSSR count). The molecule has 1 saturated heterocycles. The Balaban J connectivity index is 1.14. The van der Waals surface area contributed by atoms with Gasteiger partial charge in [0.15, 0.2) is 17.3 Å². The number of fused-ring (bicyclic) bond motifs is 2. The molecule has 2 amide bonds. The number of anilines is 1. The first-order valence-electron chi connectivity index (χ1n) is 18.5. The normalized spacial score (nSPS) is 18.4. The van der Waals surface area contributed by atoms with Gasteiger partial charge in [-0.05, 0) is 56.4 Å². The summed E-state index contributed by atoms with van der Waals surface area (Å²) < 4.78 is 19.4. The summed E-state index contributed by atoms with van der Waals surface area (Å²) in [5.74, 6) is 1.74. The number of methoxy groups -OCH3 is 2. The van der Waals surface area contributed by atoms with Crippen molar-refractivity contribution in [1.29, 1.82) is 0 Å². The summed E-state index contributed by atoms with van der Waals surface area (Å²) >= 11 is 0. The van der Waals surface area contributed by atoms with Crippen LogP contribution in [-0.2, 0) is 20.3 Å². The molecule has 0 unspecified atom stereocenters. The van der Waals surface area contributed by atoms with E-state index in [1.165, 1.54) is 0 Å². The minimum absolute atomic E-state index is 0.115. The van der Waals surface area contributed by atoms with Gasteiger partial charge in [0.2, 0.25) is 0 Å². The van der Waals surface area contributed by atoms with Crippen LogP contribution in [0.5, 0.6) is 5.75 Å². The van der Waals surface area contributed by atoms with Crippen molar-refractivity contribution < 1.29 is 23.8 Å². The Labute approximate surface area is 312 Å². The first-order chi connectivity index (χ1) is 25.1. The first kappa shape index (κ1) is 38.3. The number of benzene rings is 1. The van der Waals surface area contributed by atoms with E-state index in [9.17, 15) is 9.59 Å². The average Bonchev–Trinajstić information content (AvgIpc) is 3.52. The number of Topliss-reactive ketones (excluding diaryl/α,β-unsaturated/α-hetero) is 1. The Morgan fingerprint density at radius 2 is 1.66 bits per heavy atom. The molecule has 284 valence electrons. The van der Waals surface area contributed by atoms with Crippen molar-refractivity contribution in [2.75, 3.05) is 39.2 Å². The maximum absolute atomic E-state index is 13.5. The van der Waals surface area contributed by atoms with Gasteiger partial charge in [0, 0.05) is 56.2 Å². The van der Waals surface area contributed by atoms with Gasteiger partial charge in [-0.1, -0.05) is 58.9 Å². The number of ketones is 1. The molecule has 3 aromatic heterocycles. The second-order valence-electron chi connectivity index (χ2n) is 16.6. The number of carbonyl (C=O) groups is 2. The zero-order chi connectivity index (χ0) is 38.1. The van der Waals surface area contributed by atoms with Gasteiger partial charge in [-0.3, -0.25) is 19.4 Å². The molecule has 4 heterocycles. The van der Waals surface area contributed by atoms with Crippen LogP contribution in [0.1, 0.15) is 120 Å². The van der Waals surface area contributed by atoms with Crippen molar-refractivity contribution in [1.82, 2.24) is 34.8 Å². The fraction of sp³-hybridized carbons (Fsp3) is 0.550. The van der Waals surface area contributed by atoms with Gasteiger partial charge >= 0.3 is 6.03 Å². The predicted octanol–water partition coefficient (Wildman–Crippen LogP) is 6.59. The van der Waals surface area contributed by atoms with Gasteiger partial charge in [-0.15, -0.1) is 10.2 Å². The van der Waals surface area contributed by atoms with Crippen LogP contribution in [0.4, 0.5) is 10.6 Å². The Hall–Kier alpha value is -4.46. The van der Waals surface area contributed by atoms with Gasteiger partial charge in [0.25, 0.3) is 0 Å². The second-order valence-corrected chi connectivity index (χ2v) is 16.6. The van der Waals surface area contributed by atoms with Gasteiger partial charge in [-0.2, -0.15) is 0 Å². The molecule has 2 aliphatic rings. The van der Waals surface area contributed by atoms with E-state index in [4.69, 9.17) is 14.2 Å². The van der Waals surface area contributed by atoms with Crippen molar-refractivity contribution >= 4 is 23.3 Å². The summed E-state index contributed by atoms with van der Waals surface area (Å²) in [7, 11) is 3.41. The zero-order valence-electron chi connectivity index (χ0n) is 32.5. The number of amides is 2. The lowest BCUT2D eigenvalue weighted by Gasteiger charge is -2.48. The molecule has 0 saturated carbocycles. The van der Waals surface area contributed by atoms with E-state index >= 15 is 0 Å². The average molecular weight is 727 g/mol. The van der Waals surface area contributed by atoms with Gasteiger partial charge in [0.05, 0.1) is 30.6 Å². The fourth-order valence-corrected chi connectivity index (χ4v) is 7.12. The summed E-state index contributed by atoms with van der Waals surface area (Å²) in [6.45, 7) is 16.7. The van der Waals surface area contributed by atoms with Crippen LogP contribution in [-0.4, -0.2) is 86.8 Å². The maximum atomic E-state index is 13.5. The van der Waals surface area contributed by atoms with Crippen LogP contribution in [0.3, 0.4) is 0 Å². The summed E-state index contributed by atoms with van der Waals surface area (Å²) in [6, 6.07) is 12.9. The summed E-state index contributed by atoms with van der Waals surface area (Å²) in [5.41, 5.74) is 2.54. The van der Waals surface area contributed by atoms with Crippen LogP contribution >= 0.6 is 0 Å². The third kappa shape index (κ3) is 8.53. The third-order valence-corrected chi connectivity index (χ3v) is 10.5. The molecular formula is C40H54N8O5. The molecule has 0 spiro atoms. The second kappa shape index (κ2) is 15.1. The van der Waals surface area contributed by atoms with E-state index in [2.05, 4.69) is 63.4 Å². The van der Waals surface area contributed by atoms with Gasteiger partial charge < -0.3 is 19.5 Å². The topological polar surface area (TPSA) is 145 Å². The number of hydrogen-bond donors (Lipinski definition) is 2. The SMILES string of the molecule is COCC(C)(C)c1nnc2ccc(O[C@@H]3CC[C@H](NC(=O)Nc4cc(C(C)(C)C)nc(C(=O)CCC(C)(C)N5CC(OC)C5)n4)c4ccccc43)cn12. The number of urea groups is 1. The molecule has 13 nitrogen and oxygen atoms in total. The zero-order valence-corrected chi connectivity index (χ0v) is 32.5. The number of nitrogens with one attached hydrogen (secondary N) is 2. The number of nitrogens with zero attached hydrogens (tertiary/aromatic N) is 6. The summed E-state index contributed by atoms with van der Waals surface area (Å²) in [5, 5.41) is 14.8. The van der Waals surface area contributed by atoms with E-state index < -0.39 is 6.03 Å². The van der Waals surface area contributed by atoms with Crippen molar-refractivity contribution in [2.24, 2.45) is 0 Å². The van der Waals surface area contributed by atoms with E-state index in [0.717, 1.165) is 35.7 Å². The van der Waals surface area contributed by atoms with E-state index in [0.29, 0.717) is 49.6 Å². The summed E-state index contributed by atoms with van der Waals surface area (Å²) in [4.78, 5) is 38.5. The van der Waals surface area contributed by atoms with Crippen molar-refractivity contribution in [3.63, 3.8) is 0 Å². The highest BCUT2D eigenvalue weighted by Gasteiger charge is 2.38. The molecule has 0 bridgehead atoms. The van der Waals surface area contributed by atoms with Gasteiger partial charge in [0.1, 0.15) is 23.5 Å². The monoisotopic (exact) mass is 726 g/mol. The molecule has 1 aliphatic carbocycles. The standard InChI is InChI=1S/C40H54N8O5/c1-38(2,3)32-20-33(43-35(42-32)30(49)18-19-40(6,7)47-21-26(22-47)52-9)44-37(50)41-29-15-16-31(28-13-11-10-12-27(28)29)53-25-14-17-34-45-46-36(48(34)23-25)39(4,5)24-51-8/h10-14,17,20,23,26,29,31H,15-16,18-19,21-22,24H2,1-9H3,(H2,41,42,43,44,50)/t29-,31+/m0/s1. The summed E-state index contributed by atoms with van der Waals surface area (Å²) in [6.07, 6.45) is 4.25. The number of pyridine rings is 1. The molecule has 1 aromatic carbocycles. The molecule has 1 aliphatic heterocycles. The highest BCUT2D eigenvalue weighted by atomic mass is 16.5. The van der Waals surface area contributed by atoms with Crippen LogP contribution in [0.2, 0.25) is 0 Å². The highest BCUT2D eigenvalue weighted by molar-refractivity contribution is 5.94. The number of rotatable bonds is 13. The number of carbonyl (C=O) groups excluding carboxylic acids is 2. The van der Waals surface area contributed by atoms with Crippen LogP contribution in [0.25, 0.3) is 5.65 Å². The third-order valence-electron chi connectivity index (χ3n) is 10.5. The Bertz CT molecular complexity index is 1940. The molecule has 4 aromatic rings. The van der Waals surface area contributed by atoms with Crippen LogP contribution in [0.15, 0.2) is 48.7 Å². The lowest BCUT2D eigenvalue weighted by atomic mass is 9.85. The Morgan fingerprint density at radius 1 is 0.925 bits per heavy atom. The Morgan fingerprint density at radius 3 is 2.36 bits per heavy atom. The first-order valence-corrected chi connectivity index (χ1v) is 18.5. The quantitative estimate of drug-likeness (QED) is 0.145. The molecule has 53 heavy (non-hydrogen) atoms. The number of hydrogen-bond acceptors (Lipinski definition) is 10. The van der Waals surface area contributed by atoms with Crippen molar-refractivity contribution in [3.8, 4) is 5.75 Å². The van der Waals surface area contributed by atoms with E-state index in [-0.39, 0.29) is 46.2 Å². The fourth-order valence-electron chi connectivity index (χ4n) is 7.12. The number of likely N-dealkylation sites (tertiary alicyclic amines) is 1. The molecular weight excluding hydrogens is 672 g/mol. The lowest BCUT2D eigenvalue weighted by molar-refractivity contribution is -0.0775. The minimum atomic E-state index is -0.406. The van der Waals surface area contributed by atoms with E-state index in [1.54, 1.807) is 20.3 Å². The minimum Gasteiger partial charge on any atom is -0.484 e. The van der Waals surface area contributed by atoms with Crippen molar-refractivity contribution in [3.05, 3.63) is 77.1 Å². The van der Waals surface area contributed by atoms with Crippen LogP contribution < -0.4 is 15.4 Å². The molecule has 2 N–H and O–H groups in total. The smallest absolute Gasteiger partial charge is 0.320 e. The van der Waals surface area contributed by atoms with Crippen molar-refractivity contribution in [2.45, 2.75) is 109 Å². The lowest BCUT2D eigenvalue weighted by Crippen LogP contribution is -2.60. The maximum Gasteiger partial charge on any atom is 0.320 e. The number of aromatic nitrogens is 5. The molecule has 0 radical (unpaired) electrons.